The molecular formula is C25H19ClN4O3. The molecule has 0 bridgehead atoms. The van der Waals surface area contributed by atoms with Gasteiger partial charge in [0.2, 0.25) is 11.7 Å². The van der Waals surface area contributed by atoms with E-state index in [0.29, 0.717) is 27.4 Å². The van der Waals surface area contributed by atoms with Crippen molar-refractivity contribution in [3.63, 3.8) is 0 Å². The smallest absolute Gasteiger partial charge is 0.336 e. The molecule has 0 atom stereocenters. The first-order valence-corrected chi connectivity index (χ1v) is 10.7. The van der Waals surface area contributed by atoms with E-state index >= 15 is 0 Å². The zero-order valence-electron chi connectivity index (χ0n) is 17.9. The summed E-state index contributed by atoms with van der Waals surface area (Å²) in [5, 5.41) is 5.06. The average molecular weight is 459 g/mol. The number of halogens is 1. The summed E-state index contributed by atoms with van der Waals surface area (Å²) in [7, 11) is 0. The van der Waals surface area contributed by atoms with Gasteiger partial charge < -0.3 is 4.52 Å². The highest BCUT2D eigenvalue weighted by Crippen LogP contribution is 2.20. The van der Waals surface area contributed by atoms with Gasteiger partial charge in [-0.15, -0.1) is 0 Å². The molecule has 33 heavy (non-hydrogen) atoms. The molecule has 0 radical (unpaired) electrons. The van der Waals surface area contributed by atoms with Crippen molar-refractivity contribution >= 4 is 22.5 Å². The maximum atomic E-state index is 13.6. The van der Waals surface area contributed by atoms with Crippen LogP contribution in [0.5, 0.6) is 0 Å². The van der Waals surface area contributed by atoms with Gasteiger partial charge in [-0.05, 0) is 67.4 Å². The lowest BCUT2D eigenvalue weighted by Gasteiger charge is -2.14. The Kier molecular flexibility index (Phi) is 5.18. The molecule has 0 fully saturated rings. The number of rotatable bonds is 4. The summed E-state index contributed by atoms with van der Waals surface area (Å²) >= 11 is 5.95. The average Bonchev–Trinajstić information content (AvgIpc) is 3.28. The Balaban J connectivity index is 1.68. The topological polar surface area (TPSA) is 82.9 Å². The van der Waals surface area contributed by atoms with Crippen molar-refractivity contribution in [1.82, 2.24) is 19.3 Å². The number of hydrogen-bond acceptors (Lipinski definition) is 5. The molecule has 7 nitrogen and oxygen atoms in total. The third-order valence-electron chi connectivity index (χ3n) is 5.52. The molecule has 5 rings (SSSR count). The molecule has 2 heterocycles. The van der Waals surface area contributed by atoms with E-state index in [9.17, 15) is 9.59 Å². The van der Waals surface area contributed by atoms with Crippen molar-refractivity contribution < 1.29 is 4.52 Å². The maximum Gasteiger partial charge on any atom is 0.336 e. The third kappa shape index (κ3) is 3.76. The van der Waals surface area contributed by atoms with Gasteiger partial charge in [0.15, 0.2) is 0 Å². The lowest BCUT2D eigenvalue weighted by atomic mass is 10.1. The van der Waals surface area contributed by atoms with Crippen LogP contribution in [0.15, 0.2) is 80.8 Å². The Bertz CT molecular complexity index is 1610. The third-order valence-corrected chi connectivity index (χ3v) is 5.77. The minimum Gasteiger partial charge on any atom is -0.337 e. The molecular weight excluding hydrogens is 440 g/mol. The molecule has 0 spiro atoms. The first kappa shape index (κ1) is 20.9. The summed E-state index contributed by atoms with van der Waals surface area (Å²) in [6.07, 6.45) is 0. The van der Waals surface area contributed by atoms with E-state index in [-0.39, 0.29) is 18.0 Å². The van der Waals surface area contributed by atoms with Crippen LogP contribution < -0.4 is 11.2 Å². The zero-order valence-corrected chi connectivity index (χ0v) is 18.7. The summed E-state index contributed by atoms with van der Waals surface area (Å²) < 4.78 is 8.13. The highest BCUT2D eigenvalue weighted by atomic mass is 35.5. The van der Waals surface area contributed by atoms with Crippen molar-refractivity contribution in [2.24, 2.45) is 0 Å². The van der Waals surface area contributed by atoms with Crippen LogP contribution in [0.1, 0.15) is 17.0 Å². The predicted octanol–water partition coefficient (Wildman–Crippen LogP) is 4.52. The Labute approximate surface area is 193 Å². The van der Waals surface area contributed by atoms with Crippen LogP contribution in [-0.2, 0) is 6.54 Å². The minimum atomic E-state index is -0.473. The van der Waals surface area contributed by atoms with Gasteiger partial charge in [0.1, 0.15) is 6.54 Å². The van der Waals surface area contributed by atoms with Gasteiger partial charge in [0.25, 0.3) is 5.56 Å². The van der Waals surface area contributed by atoms with Crippen LogP contribution in [0.3, 0.4) is 0 Å². The van der Waals surface area contributed by atoms with Crippen molar-refractivity contribution in [2.75, 3.05) is 0 Å². The largest absolute Gasteiger partial charge is 0.337 e. The summed E-state index contributed by atoms with van der Waals surface area (Å²) in [5.74, 6) is 0.639. The highest BCUT2D eigenvalue weighted by Gasteiger charge is 2.18. The zero-order chi connectivity index (χ0) is 23.1. The van der Waals surface area contributed by atoms with E-state index in [1.807, 2.05) is 32.0 Å². The number of aryl methyl sites for hydroxylation is 2. The predicted molar refractivity (Wildman–Crippen MR) is 127 cm³/mol. The summed E-state index contributed by atoms with van der Waals surface area (Å²) in [6.45, 7) is 3.81. The fraction of sp³-hybridized carbons (Fsp3) is 0.120. The number of fused-ring (bicyclic) bond motifs is 1. The Morgan fingerprint density at radius 3 is 2.52 bits per heavy atom. The van der Waals surface area contributed by atoms with Gasteiger partial charge in [-0.2, -0.15) is 4.98 Å². The normalized spacial score (nSPS) is 11.2. The lowest BCUT2D eigenvalue weighted by Crippen LogP contribution is -2.39. The molecule has 2 aromatic heterocycles. The van der Waals surface area contributed by atoms with Gasteiger partial charge in [0.05, 0.1) is 16.6 Å². The highest BCUT2D eigenvalue weighted by molar-refractivity contribution is 6.30. The second-order valence-electron chi connectivity index (χ2n) is 7.83. The van der Waals surface area contributed by atoms with Gasteiger partial charge >= 0.3 is 5.69 Å². The standard InChI is InChI=1S/C25H19ClN4O3/c1-15-7-8-16(2)21(13-15)30-24(31)19-5-3-4-6-20(19)29(25(30)32)14-22-27-23(28-33-22)17-9-11-18(26)12-10-17/h3-13H,14H2,1-2H3. The molecule has 0 amide bonds. The fourth-order valence-electron chi connectivity index (χ4n) is 3.82. The van der Waals surface area contributed by atoms with Crippen LogP contribution >= 0.6 is 11.6 Å². The second kappa shape index (κ2) is 8.18. The van der Waals surface area contributed by atoms with Gasteiger partial charge in [-0.25, -0.2) is 9.36 Å². The van der Waals surface area contributed by atoms with Crippen LogP contribution in [0.25, 0.3) is 28.0 Å². The van der Waals surface area contributed by atoms with Gasteiger partial charge in [0, 0.05) is 10.6 Å². The van der Waals surface area contributed by atoms with Gasteiger partial charge in [-0.1, -0.05) is 41.0 Å². The molecule has 5 aromatic rings. The van der Waals surface area contributed by atoms with E-state index in [2.05, 4.69) is 10.1 Å². The molecule has 0 aliphatic heterocycles. The SMILES string of the molecule is Cc1ccc(C)c(-n2c(=O)c3ccccc3n(Cc3nc(-c4ccc(Cl)cc4)no3)c2=O)c1. The van der Waals surface area contributed by atoms with Crippen LogP contribution in [0, 0.1) is 13.8 Å². The monoisotopic (exact) mass is 458 g/mol. The van der Waals surface area contributed by atoms with Crippen molar-refractivity contribution in [3.8, 4) is 17.1 Å². The molecule has 164 valence electrons. The summed E-state index contributed by atoms with van der Waals surface area (Å²) in [6, 6.07) is 19.7. The lowest BCUT2D eigenvalue weighted by molar-refractivity contribution is 0.370. The molecule has 8 heteroatoms. The quantitative estimate of drug-likeness (QED) is 0.395. The van der Waals surface area contributed by atoms with Crippen molar-refractivity contribution in [2.45, 2.75) is 20.4 Å². The number of para-hydroxylation sites is 1. The number of benzene rings is 3. The Morgan fingerprint density at radius 1 is 0.970 bits per heavy atom. The van der Waals surface area contributed by atoms with E-state index in [1.165, 1.54) is 9.13 Å². The molecule has 0 unspecified atom stereocenters. The van der Waals surface area contributed by atoms with Crippen molar-refractivity contribution in [3.05, 3.63) is 110 Å². The van der Waals surface area contributed by atoms with Crippen molar-refractivity contribution in [1.29, 1.82) is 0 Å². The first-order chi connectivity index (χ1) is 15.9. The summed E-state index contributed by atoms with van der Waals surface area (Å²) in [5.41, 5.74) is 2.73. The second-order valence-corrected chi connectivity index (χ2v) is 8.27. The minimum absolute atomic E-state index is 0.0189. The van der Waals surface area contributed by atoms with E-state index in [0.717, 1.165) is 16.7 Å². The number of nitrogens with zero attached hydrogens (tertiary/aromatic N) is 4. The van der Waals surface area contributed by atoms with Crippen LogP contribution in [-0.4, -0.2) is 19.3 Å². The molecule has 0 aliphatic rings. The number of aromatic nitrogens is 4. The van der Waals surface area contributed by atoms with E-state index in [1.54, 1.807) is 48.5 Å². The Morgan fingerprint density at radius 2 is 1.73 bits per heavy atom. The summed E-state index contributed by atoms with van der Waals surface area (Å²) in [4.78, 5) is 31.4. The molecule has 0 aliphatic carbocycles. The Hall–Kier alpha value is -3.97. The first-order valence-electron chi connectivity index (χ1n) is 10.3. The molecule has 3 aromatic carbocycles. The van der Waals surface area contributed by atoms with Crippen LogP contribution in [0.4, 0.5) is 0 Å². The molecule has 0 saturated carbocycles. The maximum absolute atomic E-state index is 13.6. The molecule has 0 saturated heterocycles. The number of hydrogen-bond donors (Lipinski definition) is 0. The van der Waals surface area contributed by atoms with E-state index < -0.39 is 5.69 Å². The van der Waals surface area contributed by atoms with Gasteiger partial charge in [-0.3, -0.25) is 9.36 Å². The van der Waals surface area contributed by atoms with Crippen LogP contribution in [0.2, 0.25) is 5.02 Å². The molecule has 0 N–H and O–H groups in total. The van der Waals surface area contributed by atoms with E-state index in [4.69, 9.17) is 16.1 Å². The fourth-order valence-corrected chi connectivity index (χ4v) is 3.94.